The van der Waals surface area contributed by atoms with Gasteiger partial charge < -0.3 is 14.7 Å². The first-order valence-electron chi connectivity index (χ1n) is 8.61. The first-order chi connectivity index (χ1) is 11.2. The number of hydrogen-bond acceptors (Lipinski definition) is 4. The molecule has 3 aliphatic rings. The van der Waals surface area contributed by atoms with Gasteiger partial charge in [-0.3, -0.25) is 9.69 Å². The summed E-state index contributed by atoms with van der Waals surface area (Å²) in [4.78, 5) is 16.5. The lowest BCUT2D eigenvalue weighted by atomic mass is 9.77. The molecular formula is C16H25F3N2O3. The highest BCUT2D eigenvalue weighted by molar-refractivity contribution is 5.80. The topological polar surface area (TPSA) is 53.0 Å². The Morgan fingerprint density at radius 1 is 1.17 bits per heavy atom. The van der Waals surface area contributed by atoms with Crippen molar-refractivity contribution in [3.63, 3.8) is 0 Å². The van der Waals surface area contributed by atoms with Gasteiger partial charge in [0.1, 0.15) is 0 Å². The van der Waals surface area contributed by atoms with Gasteiger partial charge in [0.05, 0.1) is 30.7 Å². The van der Waals surface area contributed by atoms with Gasteiger partial charge in [-0.2, -0.15) is 13.2 Å². The summed E-state index contributed by atoms with van der Waals surface area (Å²) >= 11 is 0. The van der Waals surface area contributed by atoms with Crippen molar-refractivity contribution >= 4 is 5.91 Å². The van der Waals surface area contributed by atoms with Crippen LogP contribution in [-0.2, 0) is 9.53 Å². The fraction of sp³-hybridized carbons (Fsp3) is 0.938. The molecule has 6 atom stereocenters. The summed E-state index contributed by atoms with van der Waals surface area (Å²) in [6, 6.07) is 0.0161. The molecule has 3 aliphatic heterocycles. The van der Waals surface area contributed by atoms with E-state index in [4.69, 9.17) is 9.84 Å². The zero-order valence-corrected chi connectivity index (χ0v) is 14.0. The monoisotopic (exact) mass is 350 g/mol. The van der Waals surface area contributed by atoms with Crippen molar-refractivity contribution in [3.8, 4) is 0 Å². The number of halogens is 3. The lowest BCUT2D eigenvalue weighted by molar-refractivity contribution is -0.200. The number of alkyl halides is 3. The molecule has 1 N–H and O–H groups in total. The Balaban J connectivity index is 1.74. The van der Waals surface area contributed by atoms with Gasteiger partial charge in [-0.25, -0.2) is 0 Å². The molecule has 0 aromatic carbocycles. The van der Waals surface area contributed by atoms with E-state index in [0.29, 0.717) is 32.5 Å². The summed E-state index contributed by atoms with van der Waals surface area (Å²) in [5.41, 5.74) is 0. The summed E-state index contributed by atoms with van der Waals surface area (Å²) in [6.07, 6.45) is -4.96. The Bertz CT molecular complexity index is 476. The van der Waals surface area contributed by atoms with Crippen LogP contribution >= 0.6 is 0 Å². The van der Waals surface area contributed by atoms with E-state index in [2.05, 4.69) is 4.90 Å². The number of ether oxygens (including phenoxy) is 1. The van der Waals surface area contributed by atoms with Crippen molar-refractivity contribution in [2.75, 3.05) is 26.2 Å². The molecule has 3 fully saturated rings. The SMILES string of the molecule is C[C@@H]1CN(C(=O)C2C3CCC(O3)C2C(F)(F)F)C[C@H](C)N1CCO. The number of nitrogens with zero attached hydrogens (tertiary/aromatic N) is 2. The van der Waals surface area contributed by atoms with E-state index < -0.39 is 36.1 Å². The van der Waals surface area contributed by atoms with Gasteiger partial charge >= 0.3 is 6.18 Å². The van der Waals surface area contributed by atoms with Gasteiger partial charge in [0.25, 0.3) is 0 Å². The van der Waals surface area contributed by atoms with Crippen molar-refractivity contribution in [2.45, 2.75) is 57.2 Å². The van der Waals surface area contributed by atoms with Crippen LogP contribution < -0.4 is 0 Å². The standard InChI is InChI=1S/C16H25F3N2O3/c1-9-7-20(8-10(2)21(9)5-6-22)15(23)13-11-3-4-12(24-11)14(13)16(17,18)19/h9-14,22H,3-8H2,1-2H3/t9-,10+,11?,12?,13?,14?. The van der Waals surface area contributed by atoms with Crippen LogP contribution in [0.25, 0.3) is 0 Å². The maximum atomic E-state index is 13.4. The van der Waals surface area contributed by atoms with Crippen LogP contribution in [0.3, 0.4) is 0 Å². The Morgan fingerprint density at radius 3 is 2.29 bits per heavy atom. The van der Waals surface area contributed by atoms with Crippen LogP contribution in [0.4, 0.5) is 13.2 Å². The third-order valence-electron chi connectivity index (χ3n) is 5.71. The van der Waals surface area contributed by atoms with E-state index in [9.17, 15) is 18.0 Å². The molecule has 5 nitrogen and oxygen atoms in total. The third kappa shape index (κ3) is 3.04. The van der Waals surface area contributed by atoms with Crippen molar-refractivity contribution in [2.24, 2.45) is 11.8 Å². The predicted molar refractivity (Wildman–Crippen MR) is 80.2 cm³/mol. The summed E-state index contributed by atoms with van der Waals surface area (Å²) in [6.45, 7) is 5.18. The van der Waals surface area contributed by atoms with E-state index in [1.54, 1.807) is 4.90 Å². The van der Waals surface area contributed by atoms with Crippen molar-refractivity contribution < 1.29 is 27.8 Å². The molecule has 1 amide bonds. The minimum atomic E-state index is -4.41. The fourth-order valence-corrected chi connectivity index (χ4v) is 4.71. The number of piperazine rings is 1. The third-order valence-corrected chi connectivity index (χ3v) is 5.71. The quantitative estimate of drug-likeness (QED) is 0.833. The average molecular weight is 350 g/mol. The zero-order valence-electron chi connectivity index (χ0n) is 14.0. The molecule has 0 saturated carbocycles. The molecule has 8 heteroatoms. The molecule has 2 bridgehead atoms. The smallest absolute Gasteiger partial charge is 0.395 e. The number of carbonyl (C=O) groups is 1. The van der Waals surface area contributed by atoms with Gasteiger partial charge in [-0.1, -0.05) is 0 Å². The van der Waals surface area contributed by atoms with Crippen LogP contribution in [0.15, 0.2) is 0 Å². The number of fused-ring (bicyclic) bond motifs is 2. The highest BCUT2D eigenvalue weighted by Crippen LogP contribution is 2.51. The van der Waals surface area contributed by atoms with Gasteiger partial charge in [0.15, 0.2) is 0 Å². The second-order valence-corrected chi connectivity index (χ2v) is 7.29. The zero-order chi connectivity index (χ0) is 17.6. The normalized spacial score (nSPS) is 40.3. The Labute approximate surface area is 139 Å². The minimum Gasteiger partial charge on any atom is -0.395 e. The summed E-state index contributed by atoms with van der Waals surface area (Å²) in [5.74, 6) is -3.20. The maximum Gasteiger partial charge on any atom is 0.395 e. The number of amides is 1. The molecule has 4 unspecified atom stereocenters. The number of aliphatic hydroxyl groups excluding tert-OH is 1. The molecule has 0 aliphatic carbocycles. The molecule has 138 valence electrons. The molecule has 24 heavy (non-hydrogen) atoms. The molecule has 3 rings (SSSR count). The molecule has 0 radical (unpaired) electrons. The second kappa shape index (κ2) is 6.46. The number of rotatable bonds is 3. The van der Waals surface area contributed by atoms with E-state index in [0.717, 1.165) is 0 Å². The van der Waals surface area contributed by atoms with E-state index >= 15 is 0 Å². The van der Waals surface area contributed by atoms with Gasteiger partial charge in [-0.15, -0.1) is 0 Å². The highest BCUT2D eigenvalue weighted by Gasteiger charge is 2.63. The van der Waals surface area contributed by atoms with E-state index in [1.807, 2.05) is 13.8 Å². The number of hydrogen-bond donors (Lipinski definition) is 1. The van der Waals surface area contributed by atoms with E-state index in [-0.39, 0.29) is 18.7 Å². The van der Waals surface area contributed by atoms with Crippen molar-refractivity contribution in [1.29, 1.82) is 0 Å². The van der Waals surface area contributed by atoms with Gasteiger partial charge in [0.2, 0.25) is 5.91 Å². The summed E-state index contributed by atoms with van der Waals surface area (Å²) < 4.78 is 45.7. The molecule has 3 heterocycles. The van der Waals surface area contributed by atoms with Crippen molar-refractivity contribution in [1.82, 2.24) is 9.80 Å². The lowest BCUT2D eigenvalue weighted by Crippen LogP contribution is -2.60. The summed E-state index contributed by atoms with van der Waals surface area (Å²) in [5, 5.41) is 9.13. The Hall–Kier alpha value is -0.860. The largest absolute Gasteiger partial charge is 0.395 e. The van der Waals surface area contributed by atoms with Gasteiger partial charge in [-0.05, 0) is 26.7 Å². The molecular weight excluding hydrogens is 325 g/mol. The number of carbonyl (C=O) groups excluding carboxylic acids is 1. The Kier molecular flexibility index (Phi) is 4.83. The molecule has 0 aromatic heterocycles. The summed E-state index contributed by atoms with van der Waals surface area (Å²) in [7, 11) is 0. The first kappa shape index (κ1) is 17.9. The second-order valence-electron chi connectivity index (χ2n) is 7.29. The Morgan fingerprint density at radius 2 is 1.75 bits per heavy atom. The minimum absolute atomic E-state index is 0.00805. The lowest BCUT2D eigenvalue weighted by Gasteiger charge is -2.45. The van der Waals surface area contributed by atoms with Gasteiger partial charge in [0, 0.05) is 31.7 Å². The van der Waals surface area contributed by atoms with Crippen LogP contribution in [-0.4, -0.2) is 77.5 Å². The van der Waals surface area contributed by atoms with E-state index in [1.165, 1.54) is 0 Å². The number of β-amino-alcohol motifs (C(OH)–C–C–N with tert-alkyl or cyclic N) is 1. The molecule has 0 aromatic rings. The average Bonchev–Trinajstić information content (AvgIpc) is 3.10. The van der Waals surface area contributed by atoms with Crippen molar-refractivity contribution in [3.05, 3.63) is 0 Å². The predicted octanol–water partition coefficient (Wildman–Crippen LogP) is 1.26. The highest BCUT2D eigenvalue weighted by atomic mass is 19.4. The van der Waals surface area contributed by atoms with Crippen LogP contribution in [0, 0.1) is 11.8 Å². The first-order valence-corrected chi connectivity index (χ1v) is 8.61. The fourth-order valence-electron chi connectivity index (χ4n) is 4.71. The van der Waals surface area contributed by atoms with Crippen LogP contribution in [0.2, 0.25) is 0 Å². The molecule has 0 spiro atoms. The maximum absolute atomic E-state index is 13.4. The van der Waals surface area contributed by atoms with Crippen LogP contribution in [0.5, 0.6) is 0 Å². The number of aliphatic hydroxyl groups is 1. The van der Waals surface area contributed by atoms with Crippen LogP contribution in [0.1, 0.15) is 26.7 Å². The molecule has 3 saturated heterocycles.